The van der Waals surface area contributed by atoms with E-state index in [9.17, 15) is 23.4 Å². The van der Waals surface area contributed by atoms with Crippen LogP contribution in [-0.2, 0) is 27.8 Å². The molecule has 3 aromatic rings. The van der Waals surface area contributed by atoms with Gasteiger partial charge in [0.15, 0.2) is 0 Å². The van der Waals surface area contributed by atoms with Gasteiger partial charge in [-0.05, 0) is 41.8 Å². The number of rotatable bonds is 12. The number of sulfonamides is 1. The molecule has 9 nitrogen and oxygen atoms in total. The third-order valence-corrected chi connectivity index (χ3v) is 8.01. The van der Waals surface area contributed by atoms with E-state index in [4.69, 9.17) is 4.74 Å². The number of pyridine rings is 1. The normalized spacial score (nSPS) is 14.3. The maximum atomic E-state index is 13.5. The van der Waals surface area contributed by atoms with Crippen molar-refractivity contribution in [1.29, 1.82) is 0 Å². The molecule has 1 unspecified atom stereocenters. The summed E-state index contributed by atoms with van der Waals surface area (Å²) >= 11 is 0. The lowest BCUT2D eigenvalue weighted by molar-refractivity contribution is -0.835. The Bertz CT molecular complexity index is 1250. The molecule has 0 aliphatic heterocycles. The van der Waals surface area contributed by atoms with E-state index in [-0.39, 0.29) is 36.3 Å². The van der Waals surface area contributed by atoms with Crippen LogP contribution in [-0.4, -0.2) is 66.3 Å². The maximum absolute atomic E-state index is 13.5. The molecular formula is C28H36N3O6S+. The van der Waals surface area contributed by atoms with Gasteiger partial charge in [0.1, 0.15) is 24.5 Å². The van der Waals surface area contributed by atoms with Crippen LogP contribution in [0.4, 0.5) is 4.79 Å². The molecule has 0 bridgehead atoms. The number of carbonyl (C=O) groups is 1. The first-order valence-electron chi connectivity index (χ1n) is 12.5. The molecule has 0 saturated heterocycles. The summed E-state index contributed by atoms with van der Waals surface area (Å²) < 4.78 is 33.7. The summed E-state index contributed by atoms with van der Waals surface area (Å²) in [5.74, 6) is -0.0615. The van der Waals surface area contributed by atoms with Gasteiger partial charge in [0, 0.05) is 37.5 Å². The molecule has 1 heterocycles. The minimum Gasteiger partial charge on any atom is -0.508 e. The third kappa shape index (κ3) is 8.09. The number of hydrogen-bond donors (Lipinski definition) is 3. The van der Waals surface area contributed by atoms with Gasteiger partial charge in [-0.2, -0.15) is 9.10 Å². The predicted molar refractivity (Wildman–Crippen MR) is 143 cm³/mol. The van der Waals surface area contributed by atoms with Crippen LogP contribution in [0.5, 0.6) is 5.75 Å². The van der Waals surface area contributed by atoms with Gasteiger partial charge in [0.2, 0.25) is 10.0 Å². The second kappa shape index (κ2) is 13.5. The van der Waals surface area contributed by atoms with E-state index in [1.807, 2.05) is 44.2 Å². The number of aromatic hydroxyl groups is 1. The highest BCUT2D eigenvalue weighted by Gasteiger charge is 2.37. The number of alkyl carbamates (subject to hydrolysis) is 2. The minimum atomic E-state index is -3.98. The lowest BCUT2D eigenvalue weighted by Gasteiger charge is -2.31. The van der Waals surface area contributed by atoms with Crippen molar-refractivity contribution in [3.05, 3.63) is 90.3 Å². The Morgan fingerprint density at radius 3 is 2.26 bits per heavy atom. The molecule has 2 aromatic carbocycles. The topological polar surface area (TPSA) is 121 Å². The van der Waals surface area contributed by atoms with E-state index in [0.717, 1.165) is 11.1 Å². The Morgan fingerprint density at radius 1 is 1.00 bits per heavy atom. The van der Waals surface area contributed by atoms with Crippen molar-refractivity contribution in [2.24, 2.45) is 5.92 Å². The molecule has 0 spiro atoms. The number of likely N-dealkylation sites (N-methyl/N-ethyl adjacent to an activating group) is 1. The molecule has 3 atom stereocenters. The summed E-state index contributed by atoms with van der Waals surface area (Å²) in [4.78, 5) is 17.4. The van der Waals surface area contributed by atoms with E-state index in [1.54, 1.807) is 31.6 Å². The third-order valence-electron chi connectivity index (χ3n) is 6.17. The number of hydrogen-bond acceptors (Lipinski definition) is 7. The number of phenols is 1. The molecule has 0 saturated carbocycles. The van der Waals surface area contributed by atoms with Crippen LogP contribution in [0.1, 0.15) is 25.0 Å². The van der Waals surface area contributed by atoms with Crippen molar-refractivity contribution in [3.63, 3.8) is 0 Å². The molecular weight excluding hydrogens is 506 g/mol. The lowest BCUT2D eigenvalue weighted by atomic mass is 10.00. The molecule has 0 fully saturated rings. The van der Waals surface area contributed by atoms with Crippen LogP contribution in [0, 0.1) is 5.92 Å². The molecule has 3 N–H and O–H groups in total. The van der Waals surface area contributed by atoms with Crippen LogP contribution in [0.25, 0.3) is 0 Å². The van der Waals surface area contributed by atoms with E-state index in [1.165, 1.54) is 28.6 Å². The number of aromatic nitrogens is 1. The quantitative estimate of drug-likeness (QED) is 0.321. The molecule has 0 aliphatic rings. The van der Waals surface area contributed by atoms with Gasteiger partial charge in [-0.25, -0.2) is 13.3 Å². The zero-order valence-corrected chi connectivity index (χ0v) is 22.7. The zero-order chi connectivity index (χ0) is 27.7. The minimum absolute atomic E-state index is 0.0133. The number of phenolic OH excluding ortho intramolecular Hbond substituents is 1. The van der Waals surface area contributed by atoms with Gasteiger partial charge in [0.05, 0.1) is 11.9 Å². The first-order valence-corrected chi connectivity index (χ1v) is 13.9. The summed E-state index contributed by atoms with van der Waals surface area (Å²) in [6, 6.07) is 17.5. The molecule has 1 aromatic heterocycles. The number of benzene rings is 2. The number of carbonyl (C=O) groups excluding carboxylic acids is 1. The first-order chi connectivity index (χ1) is 18.1. The summed E-state index contributed by atoms with van der Waals surface area (Å²) in [7, 11) is -2.36. The van der Waals surface area contributed by atoms with Gasteiger partial charge in [0.25, 0.3) is 0 Å². The molecule has 0 radical (unpaired) electrons. The molecule has 10 heteroatoms. The van der Waals surface area contributed by atoms with Crippen LogP contribution in [0.2, 0.25) is 0 Å². The largest absolute Gasteiger partial charge is 0.514 e. The number of aliphatic hydroxyl groups is 1. The Morgan fingerprint density at radius 2 is 1.66 bits per heavy atom. The number of nitrogens with zero attached hydrogens (tertiary/aromatic N) is 2. The van der Waals surface area contributed by atoms with Crippen LogP contribution >= 0.6 is 0 Å². The van der Waals surface area contributed by atoms with Gasteiger partial charge in [-0.1, -0.05) is 50.2 Å². The standard InChI is InChI=1S/C28H35N3O6S/c1-21(2)18-31(38(35,36)25-13-11-24(32)12-14-25)19-27(33)26(16-22-8-5-4-6-9-22)30(3)28(34)37-20-23-10-7-15-29-17-23/h4-15,17,21,26-27,32-33H,16,18-20H2,1-3H3/p+1/t26-,27+/m0/s1. The first kappa shape index (κ1) is 29.2. The Hall–Kier alpha value is -3.31. The van der Waals surface area contributed by atoms with E-state index in [0.29, 0.717) is 11.3 Å². The van der Waals surface area contributed by atoms with E-state index in [2.05, 4.69) is 4.98 Å². The smallest absolute Gasteiger partial charge is 0.508 e. The summed E-state index contributed by atoms with van der Waals surface area (Å²) in [5, 5.41) is 21.0. The number of aliphatic hydroxyl groups excluding tert-OH is 1. The van der Waals surface area contributed by atoms with Gasteiger partial charge >= 0.3 is 6.09 Å². The average Bonchev–Trinajstić information content (AvgIpc) is 2.90. The number of quaternary nitrogens is 1. The Balaban J connectivity index is 1.84. The van der Waals surface area contributed by atoms with Crippen molar-refractivity contribution in [3.8, 4) is 5.75 Å². The summed E-state index contributed by atoms with van der Waals surface area (Å²) in [6.07, 6.45) is 1.81. The van der Waals surface area contributed by atoms with Crippen molar-refractivity contribution in [2.75, 3.05) is 20.1 Å². The Labute approximate surface area is 224 Å². The molecule has 38 heavy (non-hydrogen) atoms. The fourth-order valence-electron chi connectivity index (χ4n) is 4.12. The maximum Gasteiger partial charge on any atom is 0.514 e. The van der Waals surface area contributed by atoms with Crippen molar-refractivity contribution < 1.29 is 33.1 Å². The van der Waals surface area contributed by atoms with Gasteiger partial charge in [-0.3, -0.25) is 4.98 Å². The summed E-state index contributed by atoms with van der Waals surface area (Å²) in [6.45, 7) is 3.77. The molecule has 3 rings (SSSR count). The van der Waals surface area contributed by atoms with Crippen LogP contribution in [0.3, 0.4) is 0 Å². The number of amides is 1. The fourth-order valence-corrected chi connectivity index (χ4v) is 5.75. The highest BCUT2D eigenvalue weighted by molar-refractivity contribution is 7.89. The zero-order valence-electron chi connectivity index (χ0n) is 21.9. The van der Waals surface area contributed by atoms with Gasteiger partial charge < -0.3 is 14.9 Å². The monoisotopic (exact) mass is 542 g/mol. The van der Waals surface area contributed by atoms with Crippen LogP contribution in [0.15, 0.2) is 84.0 Å². The second-order valence-electron chi connectivity index (χ2n) is 9.69. The molecule has 204 valence electrons. The van der Waals surface area contributed by atoms with Crippen molar-refractivity contribution >= 4 is 16.1 Å². The number of ether oxygens (including phenoxy) is 1. The van der Waals surface area contributed by atoms with Crippen molar-refractivity contribution in [2.45, 2.75) is 43.9 Å². The highest BCUT2D eigenvalue weighted by Crippen LogP contribution is 2.21. The Kier molecular flexibility index (Phi) is 10.4. The van der Waals surface area contributed by atoms with Crippen molar-refractivity contribution in [1.82, 2.24) is 9.29 Å². The summed E-state index contributed by atoms with van der Waals surface area (Å²) in [5.41, 5.74) is 1.63. The average molecular weight is 543 g/mol. The van der Waals surface area contributed by atoms with E-state index >= 15 is 0 Å². The number of nitrogens with one attached hydrogen (secondary N) is 1. The lowest BCUT2D eigenvalue weighted by Crippen LogP contribution is -3.17. The SMILES string of the molecule is CC(C)CN(C[C@@H](O)[C@H](Cc1ccccc1)[NH+](C)C(=O)OCc1cccnc1)S(=O)(=O)c1ccc(O)cc1. The molecule has 0 aliphatic carbocycles. The second-order valence-corrected chi connectivity index (χ2v) is 11.6. The van der Waals surface area contributed by atoms with E-state index < -0.39 is 28.3 Å². The van der Waals surface area contributed by atoms with Crippen LogP contribution < -0.4 is 4.90 Å². The predicted octanol–water partition coefficient (Wildman–Crippen LogP) is 2.26. The highest BCUT2D eigenvalue weighted by atomic mass is 32.2. The van der Waals surface area contributed by atoms with Gasteiger partial charge in [-0.15, -0.1) is 0 Å². The fraction of sp³-hybridized carbons (Fsp3) is 0.357. The molecule has 1 amide bonds.